The Kier molecular flexibility index (Phi) is 6.80. The predicted octanol–water partition coefficient (Wildman–Crippen LogP) is 1.74. The monoisotopic (exact) mass is 269 g/mol. The molecule has 1 saturated carbocycles. The van der Waals surface area contributed by atoms with Crippen LogP contribution in [0.4, 0.5) is 0 Å². The lowest BCUT2D eigenvalue weighted by Crippen LogP contribution is -2.47. The molecule has 0 heterocycles. The van der Waals surface area contributed by atoms with Crippen LogP contribution in [0.1, 0.15) is 52.9 Å². The highest BCUT2D eigenvalue weighted by atomic mass is 16.1. The van der Waals surface area contributed by atoms with Gasteiger partial charge in [-0.3, -0.25) is 4.79 Å². The number of rotatable bonds is 7. The van der Waals surface area contributed by atoms with Gasteiger partial charge in [0, 0.05) is 18.6 Å². The number of carbonyl (C=O) groups is 1. The van der Waals surface area contributed by atoms with Gasteiger partial charge in [-0.2, -0.15) is 0 Å². The van der Waals surface area contributed by atoms with Gasteiger partial charge in [0.05, 0.1) is 6.04 Å². The molecule has 19 heavy (non-hydrogen) atoms. The van der Waals surface area contributed by atoms with Gasteiger partial charge in [0.2, 0.25) is 5.91 Å². The smallest absolute Gasteiger partial charge is 0.234 e. The minimum Gasteiger partial charge on any atom is -0.368 e. The van der Waals surface area contributed by atoms with Crippen LogP contribution in [0.2, 0.25) is 0 Å². The fourth-order valence-electron chi connectivity index (χ4n) is 3.16. The van der Waals surface area contributed by atoms with Gasteiger partial charge in [-0.15, -0.1) is 0 Å². The first kappa shape index (κ1) is 16.4. The van der Waals surface area contributed by atoms with Gasteiger partial charge in [0.15, 0.2) is 0 Å². The molecule has 0 aromatic rings. The van der Waals surface area contributed by atoms with E-state index in [9.17, 15) is 4.79 Å². The average molecular weight is 269 g/mol. The Morgan fingerprint density at radius 1 is 1.37 bits per heavy atom. The first-order chi connectivity index (χ1) is 8.91. The van der Waals surface area contributed by atoms with E-state index >= 15 is 0 Å². The lowest BCUT2D eigenvalue weighted by molar-refractivity contribution is -0.120. The van der Waals surface area contributed by atoms with Crippen LogP contribution in [0.5, 0.6) is 0 Å². The minimum absolute atomic E-state index is 0.207. The van der Waals surface area contributed by atoms with E-state index < -0.39 is 0 Å². The van der Waals surface area contributed by atoms with Crippen molar-refractivity contribution in [1.82, 2.24) is 10.2 Å². The summed E-state index contributed by atoms with van der Waals surface area (Å²) >= 11 is 0. The van der Waals surface area contributed by atoms with Gasteiger partial charge < -0.3 is 16.0 Å². The molecule has 1 rings (SSSR count). The largest absolute Gasteiger partial charge is 0.368 e. The van der Waals surface area contributed by atoms with Crippen molar-refractivity contribution in [3.05, 3.63) is 0 Å². The SMILES string of the molecule is CC(C)NC(CCN(C)C1CCCCC1C)C(N)=O. The van der Waals surface area contributed by atoms with Crippen LogP contribution in [-0.2, 0) is 4.79 Å². The van der Waals surface area contributed by atoms with Crippen molar-refractivity contribution in [2.75, 3.05) is 13.6 Å². The standard InChI is InChI=1S/C15H31N3O/c1-11(2)17-13(15(16)19)9-10-18(4)14-8-6-5-7-12(14)3/h11-14,17H,5-10H2,1-4H3,(H2,16,19). The summed E-state index contributed by atoms with van der Waals surface area (Å²) in [5.41, 5.74) is 5.46. The fraction of sp³-hybridized carbons (Fsp3) is 0.933. The zero-order chi connectivity index (χ0) is 14.4. The van der Waals surface area contributed by atoms with E-state index in [0.717, 1.165) is 18.9 Å². The van der Waals surface area contributed by atoms with Crippen LogP contribution in [0.15, 0.2) is 0 Å². The maximum atomic E-state index is 11.4. The Morgan fingerprint density at radius 2 is 2.00 bits per heavy atom. The van der Waals surface area contributed by atoms with E-state index in [1.807, 2.05) is 13.8 Å². The number of primary amides is 1. The van der Waals surface area contributed by atoms with E-state index in [2.05, 4.69) is 24.2 Å². The quantitative estimate of drug-likeness (QED) is 0.740. The second-order valence-corrected chi connectivity index (χ2v) is 6.37. The number of hydrogen-bond donors (Lipinski definition) is 2. The molecule has 112 valence electrons. The summed E-state index contributed by atoms with van der Waals surface area (Å²) in [6.07, 6.45) is 6.12. The third-order valence-corrected chi connectivity index (χ3v) is 4.28. The Labute approximate surface area is 118 Å². The van der Waals surface area contributed by atoms with Crippen molar-refractivity contribution in [3.8, 4) is 0 Å². The molecule has 0 bridgehead atoms. The minimum atomic E-state index is -0.237. The van der Waals surface area contributed by atoms with E-state index in [-0.39, 0.29) is 18.0 Å². The van der Waals surface area contributed by atoms with Crippen LogP contribution in [0, 0.1) is 5.92 Å². The first-order valence-electron chi connectivity index (χ1n) is 7.67. The second kappa shape index (κ2) is 7.85. The molecule has 3 atom stereocenters. The van der Waals surface area contributed by atoms with Crippen molar-refractivity contribution in [1.29, 1.82) is 0 Å². The van der Waals surface area contributed by atoms with Gasteiger partial charge >= 0.3 is 0 Å². The summed E-state index contributed by atoms with van der Waals surface area (Å²) in [5, 5.41) is 3.25. The van der Waals surface area contributed by atoms with Gasteiger partial charge in [-0.25, -0.2) is 0 Å². The van der Waals surface area contributed by atoms with Crippen LogP contribution >= 0.6 is 0 Å². The highest BCUT2D eigenvalue weighted by molar-refractivity contribution is 5.79. The molecule has 3 N–H and O–H groups in total. The fourth-order valence-corrected chi connectivity index (χ4v) is 3.16. The predicted molar refractivity (Wildman–Crippen MR) is 79.9 cm³/mol. The molecule has 0 spiro atoms. The molecular weight excluding hydrogens is 238 g/mol. The first-order valence-corrected chi connectivity index (χ1v) is 7.67. The molecule has 1 amide bonds. The van der Waals surface area contributed by atoms with E-state index in [1.165, 1.54) is 25.7 Å². The van der Waals surface area contributed by atoms with Crippen LogP contribution in [0.25, 0.3) is 0 Å². The summed E-state index contributed by atoms with van der Waals surface area (Å²) < 4.78 is 0. The molecular formula is C15H31N3O. The third-order valence-electron chi connectivity index (χ3n) is 4.28. The molecule has 1 aliphatic rings. The van der Waals surface area contributed by atoms with Crippen molar-refractivity contribution in [3.63, 3.8) is 0 Å². The number of nitrogens with two attached hydrogens (primary N) is 1. The van der Waals surface area contributed by atoms with Crippen LogP contribution in [-0.4, -0.2) is 42.5 Å². The molecule has 3 unspecified atom stereocenters. The number of carbonyl (C=O) groups excluding carboxylic acids is 1. The lowest BCUT2D eigenvalue weighted by Gasteiger charge is -2.36. The molecule has 0 saturated heterocycles. The zero-order valence-electron chi connectivity index (χ0n) is 13.0. The maximum Gasteiger partial charge on any atom is 0.234 e. The van der Waals surface area contributed by atoms with Crippen molar-refractivity contribution >= 4 is 5.91 Å². The lowest BCUT2D eigenvalue weighted by atomic mass is 9.85. The van der Waals surface area contributed by atoms with E-state index in [0.29, 0.717) is 6.04 Å². The Balaban J connectivity index is 2.42. The van der Waals surface area contributed by atoms with Crippen molar-refractivity contribution in [2.24, 2.45) is 11.7 Å². The maximum absolute atomic E-state index is 11.4. The summed E-state index contributed by atoms with van der Waals surface area (Å²) in [4.78, 5) is 13.8. The molecule has 0 radical (unpaired) electrons. The molecule has 1 fully saturated rings. The molecule has 4 nitrogen and oxygen atoms in total. The Morgan fingerprint density at radius 3 is 2.53 bits per heavy atom. The van der Waals surface area contributed by atoms with Gasteiger partial charge in [0.1, 0.15) is 0 Å². The van der Waals surface area contributed by atoms with Crippen LogP contribution < -0.4 is 11.1 Å². The summed E-state index contributed by atoms with van der Waals surface area (Å²) in [7, 11) is 2.18. The summed E-state index contributed by atoms with van der Waals surface area (Å²) in [6, 6.07) is 0.749. The van der Waals surface area contributed by atoms with Gasteiger partial charge in [0.25, 0.3) is 0 Å². The summed E-state index contributed by atoms with van der Waals surface area (Å²) in [6.45, 7) is 7.37. The van der Waals surface area contributed by atoms with Crippen LogP contribution in [0.3, 0.4) is 0 Å². The molecule has 0 aromatic heterocycles. The van der Waals surface area contributed by atoms with E-state index in [4.69, 9.17) is 5.73 Å². The van der Waals surface area contributed by atoms with Crippen molar-refractivity contribution < 1.29 is 4.79 Å². The molecule has 0 aliphatic heterocycles. The molecule has 1 aliphatic carbocycles. The zero-order valence-corrected chi connectivity index (χ0v) is 13.0. The summed E-state index contributed by atoms with van der Waals surface area (Å²) in [5.74, 6) is 0.530. The topological polar surface area (TPSA) is 58.4 Å². The highest BCUT2D eigenvalue weighted by Crippen LogP contribution is 2.27. The number of nitrogens with zero attached hydrogens (tertiary/aromatic N) is 1. The third kappa shape index (κ3) is 5.49. The average Bonchev–Trinajstić information content (AvgIpc) is 2.34. The second-order valence-electron chi connectivity index (χ2n) is 6.37. The highest BCUT2D eigenvalue weighted by Gasteiger charge is 2.25. The molecule has 4 heteroatoms. The van der Waals surface area contributed by atoms with E-state index in [1.54, 1.807) is 0 Å². The van der Waals surface area contributed by atoms with Gasteiger partial charge in [-0.05, 0) is 32.2 Å². The number of hydrogen-bond acceptors (Lipinski definition) is 3. The molecule has 0 aromatic carbocycles. The Hall–Kier alpha value is -0.610. The number of nitrogens with one attached hydrogen (secondary N) is 1. The van der Waals surface area contributed by atoms with Gasteiger partial charge in [-0.1, -0.05) is 33.6 Å². The van der Waals surface area contributed by atoms with Crippen molar-refractivity contribution in [2.45, 2.75) is 71.0 Å². The normalized spacial score (nSPS) is 25.8. The number of amides is 1. The Bertz CT molecular complexity index is 281.